The fraction of sp³-hybridized carbons (Fsp3) is 0.733. The van der Waals surface area contributed by atoms with Crippen LogP contribution in [0.2, 0.25) is 0 Å². The third kappa shape index (κ3) is 9.90. The van der Waals surface area contributed by atoms with E-state index in [-0.39, 0.29) is 17.9 Å². The van der Waals surface area contributed by atoms with Gasteiger partial charge in [-0.2, -0.15) is 0 Å². The van der Waals surface area contributed by atoms with Crippen LogP contribution in [0, 0.1) is 5.41 Å². The van der Waals surface area contributed by atoms with Gasteiger partial charge in [0, 0.05) is 33.2 Å². The lowest BCUT2D eigenvalue weighted by Gasteiger charge is -2.26. The molecule has 0 fully saturated rings. The van der Waals surface area contributed by atoms with E-state index in [9.17, 15) is 9.59 Å². The number of nitrogens with one attached hydrogen (secondary N) is 1. The van der Waals surface area contributed by atoms with Gasteiger partial charge in [-0.15, -0.1) is 6.58 Å². The molecule has 0 atom stereocenters. The van der Waals surface area contributed by atoms with Gasteiger partial charge < -0.3 is 20.1 Å². The largest absolute Gasteiger partial charge is 0.481 e. The topological polar surface area (TPSA) is 78.9 Å². The summed E-state index contributed by atoms with van der Waals surface area (Å²) in [5, 5.41) is 11.6. The maximum atomic E-state index is 12.0. The van der Waals surface area contributed by atoms with Crippen molar-refractivity contribution < 1.29 is 19.4 Å². The van der Waals surface area contributed by atoms with Crippen molar-refractivity contribution in [1.29, 1.82) is 0 Å². The van der Waals surface area contributed by atoms with Crippen molar-refractivity contribution in [2.75, 3.05) is 33.4 Å². The predicted molar refractivity (Wildman–Crippen MR) is 82.3 cm³/mol. The zero-order valence-electron chi connectivity index (χ0n) is 13.4. The van der Waals surface area contributed by atoms with Crippen molar-refractivity contribution in [2.24, 2.45) is 5.41 Å². The van der Waals surface area contributed by atoms with E-state index in [1.807, 2.05) is 13.8 Å². The molecule has 0 aliphatic heterocycles. The quantitative estimate of drug-likeness (QED) is 0.573. The van der Waals surface area contributed by atoms with Crippen molar-refractivity contribution in [2.45, 2.75) is 33.1 Å². The molecular weight excluding hydrogens is 272 g/mol. The molecule has 122 valence electrons. The first-order valence-corrected chi connectivity index (χ1v) is 7.17. The fourth-order valence-electron chi connectivity index (χ4n) is 1.82. The standard InChI is InChI=1S/C15H28N2O4/c1-5-10-17(11-12-21-4)14(20)16-9-8-15(2,3)7-6-13(18)19/h5H,1,6-12H2,2-4H3,(H,16,20)(H,18,19). The van der Waals surface area contributed by atoms with Crippen molar-refractivity contribution in [3.05, 3.63) is 12.7 Å². The van der Waals surface area contributed by atoms with Crippen molar-refractivity contribution in [3.63, 3.8) is 0 Å². The van der Waals surface area contributed by atoms with Gasteiger partial charge in [-0.25, -0.2) is 4.79 Å². The third-order valence-electron chi connectivity index (χ3n) is 3.30. The molecule has 6 heteroatoms. The molecule has 0 aliphatic rings. The van der Waals surface area contributed by atoms with E-state index in [0.717, 1.165) is 6.42 Å². The number of carboxylic acid groups (broad SMARTS) is 1. The first-order chi connectivity index (χ1) is 9.82. The molecule has 2 N–H and O–H groups in total. The highest BCUT2D eigenvalue weighted by Crippen LogP contribution is 2.25. The molecular formula is C15H28N2O4. The normalized spacial score (nSPS) is 11.0. The molecule has 0 saturated carbocycles. The predicted octanol–water partition coefficient (Wildman–Crippen LogP) is 2.11. The average Bonchev–Trinajstić information content (AvgIpc) is 2.41. The number of hydrogen-bond acceptors (Lipinski definition) is 3. The van der Waals surface area contributed by atoms with E-state index >= 15 is 0 Å². The zero-order chi connectivity index (χ0) is 16.3. The average molecular weight is 300 g/mol. The van der Waals surface area contributed by atoms with E-state index in [4.69, 9.17) is 9.84 Å². The molecule has 0 rings (SSSR count). The molecule has 0 aromatic heterocycles. The van der Waals surface area contributed by atoms with Crippen LogP contribution in [0.4, 0.5) is 4.79 Å². The van der Waals surface area contributed by atoms with Gasteiger partial charge in [-0.05, 0) is 18.3 Å². The second-order valence-electron chi connectivity index (χ2n) is 5.77. The maximum Gasteiger partial charge on any atom is 0.317 e. The molecule has 0 aromatic rings. The van der Waals surface area contributed by atoms with Crippen LogP contribution in [0.25, 0.3) is 0 Å². The Morgan fingerprint density at radius 1 is 1.38 bits per heavy atom. The van der Waals surface area contributed by atoms with Crippen LogP contribution in [0.5, 0.6) is 0 Å². The second kappa shape index (κ2) is 10.2. The number of carboxylic acids is 1. The third-order valence-corrected chi connectivity index (χ3v) is 3.30. The minimum absolute atomic E-state index is 0.110. The summed E-state index contributed by atoms with van der Waals surface area (Å²) in [6.45, 7) is 9.63. The summed E-state index contributed by atoms with van der Waals surface area (Å²) >= 11 is 0. The lowest BCUT2D eigenvalue weighted by Crippen LogP contribution is -2.42. The van der Waals surface area contributed by atoms with E-state index in [1.54, 1.807) is 18.1 Å². The number of carbonyl (C=O) groups excluding carboxylic acids is 1. The van der Waals surface area contributed by atoms with Crippen LogP contribution in [0.3, 0.4) is 0 Å². The van der Waals surface area contributed by atoms with E-state index in [0.29, 0.717) is 32.7 Å². The summed E-state index contributed by atoms with van der Waals surface area (Å²) < 4.78 is 4.97. The summed E-state index contributed by atoms with van der Waals surface area (Å²) in [4.78, 5) is 24.2. The van der Waals surface area contributed by atoms with Crippen LogP contribution in [0.1, 0.15) is 33.1 Å². The summed E-state index contributed by atoms with van der Waals surface area (Å²) in [5.74, 6) is -0.788. The van der Waals surface area contributed by atoms with Gasteiger partial charge in [-0.3, -0.25) is 4.79 Å². The Morgan fingerprint density at radius 2 is 2.05 bits per heavy atom. The Morgan fingerprint density at radius 3 is 2.57 bits per heavy atom. The highest BCUT2D eigenvalue weighted by molar-refractivity contribution is 5.74. The number of ether oxygens (including phenoxy) is 1. The Labute approximate surface area is 127 Å². The molecule has 0 aliphatic carbocycles. The summed E-state index contributed by atoms with van der Waals surface area (Å²) in [5.41, 5.74) is -0.110. The number of rotatable bonds is 11. The molecule has 0 saturated heterocycles. The number of amides is 2. The minimum Gasteiger partial charge on any atom is -0.481 e. The number of nitrogens with zero attached hydrogens (tertiary/aromatic N) is 1. The summed E-state index contributed by atoms with van der Waals surface area (Å²) in [7, 11) is 1.59. The minimum atomic E-state index is -0.788. The van der Waals surface area contributed by atoms with Crippen LogP contribution in [-0.4, -0.2) is 55.4 Å². The molecule has 0 radical (unpaired) electrons. The van der Waals surface area contributed by atoms with Gasteiger partial charge in [-0.1, -0.05) is 19.9 Å². The molecule has 2 amide bonds. The van der Waals surface area contributed by atoms with E-state index in [1.165, 1.54) is 0 Å². The molecule has 0 spiro atoms. The van der Waals surface area contributed by atoms with Crippen LogP contribution in [0.15, 0.2) is 12.7 Å². The van der Waals surface area contributed by atoms with E-state index in [2.05, 4.69) is 11.9 Å². The number of hydrogen-bond donors (Lipinski definition) is 2. The van der Waals surface area contributed by atoms with Crippen LogP contribution < -0.4 is 5.32 Å². The monoisotopic (exact) mass is 300 g/mol. The van der Waals surface area contributed by atoms with Crippen LogP contribution >= 0.6 is 0 Å². The maximum absolute atomic E-state index is 12.0. The van der Waals surface area contributed by atoms with Crippen molar-refractivity contribution in [1.82, 2.24) is 10.2 Å². The van der Waals surface area contributed by atoms with Crippen molar-refractivity contribution >= 4 is 12.0 Å². The van der Waals surface area contributed by atoms with Gasteiger partial charge >= 0.3 is 12.0 Å². The molecule has 6 nitrogen and oxygen atoms in total. The van der Waals surface area contributed by atoms with Gasteiger partial charge in [0.1, 0.15) is 0 Å². The first kappa shape index (κ1) is 19.4. The second-order valence-corrected chi connectivity index (χ2v) is 5.77. The highest BCUT2D eigenvalue weighted by Gasteiger charge is 2.20. The lowest BCUT2D eigenvalue weighted by molar-refractivity contribution is -0.137. The Bertz CT molecular complexity index is 343. The first-order valence-electron chi connectivity index (χ1n) is 7.17. The Kier molecular flexibility index (Phi) is 9.45. The lowest BCUT2D eigenvalue weighted by atomic mass is 9.84. The Balaban J connectivity index is 4.14. The molecule has 0 heterocycles. The van der Waals surface area contributed by atoms with Crippen LogP contribution in [-0.2, 0) is 9.53 Å². The fourth-order valence-corrected chi connectivity index (χ4v) is 1.82. The smallest absolute Gasteiger partial charge is 0.317 e. The number of urea groups is 1. The summed E-state index contributed by atoms with van der Waals surface area (Å²) in [6.07, 6.45) is 3.15. The van der Waals surface area contributed by atoms with E-state index < -0.39 is 5.97 Å². The molecule has 0 bridgehead atoms. The van der Waals surface area contributed by atoms with Gasteiger partial charge in [0.25, 0.3) is 0 Å². The number of carbonyl (C=O) groups is 2. The molecule has 0 unspecified atom stereocenters. The molecule has 21 heavy (non-hydrogen) atoms. The molecule has 0 aromatic carbocycles. The highest BCUT2D eigenvalue weighted by atomic mass is 16.5. The Hall–Kier alpha value is -1.56. The number of aliphatic carboxylic acids is 1. The number of methoxy groups -OCH3 is 1. The zero-order valence-corrected chi connectivity index (χ0v) is 13.4. The van der Waals surface area contributed by atoms with Gasteiger partial charge in [0.05, 0.1) is 6.61 Å². The van der Waals surface area contributed by atoms with Gasteiger partial charge in [0.2, 0.25) is 0 Å². The van der Waals surface area contributed by atoms with Gasteiger partial charge in [0.15, 0.2) is 0 Å². The SMILES string of the molecule is C=CCN(CCOC)C(=O)NCCC(C)(C)CCC(=O)O. The summed E-state index contributed by atoms with van der Waals surface area (Å²) in [6, 6.07) is -0.152. The van der Waals surface area contributed by atoms with Crippen molar-refractivity contribution in [3.8, 4) is 0 Å².